The second-order valence-corrected chi connectivity index (χ2v) is 5.85. The maximum atomic E-state index is 5.28. The minimum absolute atomic E-state index is 0.685. The molecule has 1 unspecified atom stereocenters. The predicted octanol–water partition coefficient (Wildman–Crippen LogP) is 2.97. The van der Waals surface area contributed by atoms with Crippen molar-refractivity contribution in [2.75, 3.05) is 38.3 Å². The van der Waals surface area contributed by atoms with Crippen LogP contribution >= 0.6 is 0 Å². The van der Waals surface area contributed by atoms with Crippen LogP contribution in [0.1, 0.15) is 30.9 Å². The summed E-state index contributed by atoms with van der Waals surface area (Å²) in [5, 5.41) is 3.46. The molecule has 0 aromatic heterocycles. The number of nitrogens with zero attached hydrogens (tertiary/aromatic N) is 1. The standard InChI is InChI=1S/C17H28N2O/c1-4-8-18-11-15-5-6-17(14(2)10-15)19-9-7-16(12-19)13-20-3/h5-6,10,16,18H,4,7-9,11-13H2,1-3H3. The molecule has 1 fully saturated rings. The molecule has 0 radical (unpaired) electrons. The molecule has 1 aliphatic rings. The summed E-state index contributed by atoms with van der Waals surface area (Å²) in [5.74, 6) is 0.685. The number of nitrogens with one attached hydrogen (secondary N) is 1. The quantitative estimate of drug-likeness (QED) is 0.775. The molecule has 1 aromatic carbocycles. The van der Waals surface area contributed by atoms with Crippen molar-refractivity contribution in [3.63, 3.8) is 0 Å². The lowest BCUT2D eigenvalue weighted by Crippen LogP contribution is -2.22. The van der Waals surface area contributed by atoms with E-state index in [1.54, 1.807) is 7.11 Å². The van der Waals surface area contributed by atoms with Gasteiger partial charge in [0.15, 0.2) is 0 Å². The van der Waals surface area contributed by atoms with Crippen molar-refractivity contribution in [1.82, 2.24) is 5.32 Å². The summed E-state index contributed by atoms with van der Waals surface area (Å²) >= 11 is 0. The average molecular weight is 276 g/mol. The maximum absolute atomic E-state index is 5.28. The lowest BCUT2D eigenvalue weighted by Gasteiger charge is -2.21. The van der Waals surface area contributed by atoms with Gasteiger partial charge in [0.2, 0.25) is 0 Å². The molecule has 1 saturated heterocycles. The summed E-state index contributed by atoms with van der Waals surface area (Å²) in [4.78, 5) is 2.50. The van der Waals surface area contributed by atoms with Crippen LogP contribution < -0.4 is 10.2 Å². The van der Waals surface area contributed by atoms with Gasteiger partial charge < -0.3 is 15.0 Å². The van der Waals surface area contributed by atoms with Crippen LogP contribution in [0.15, 0.2) is 18.2 Å². The highest BCUT2D eigenvalue weighted by atomic mass is 16.5. The molecule has 20 heavy (non-hydrogen) atoms. The van der Waals surface area contributed by atoms with Crippen LogP contribution in [0.5, 0.6) is 0 Å². The predicted molar refractivity (Wildman–Crippen MR) is 85.4 cm³/mol. The summed E-state index contributed by atoms with van der Waals surface area (Å²) in [5.41, 5.74) is 4.16. The van der Waals surface area contributed by atoms with E-state index in [0.29, 0.717) is 5.92 Å². The largest absolute Gasteiger partial charge is 0.384 e. The Morgan fingerprint density at radius 2 is 2.25 bits per heavy atom. The fourth-order valence-electron chi connectivity index (χ4n) is 3.02. The third-order valence-corrected chi connectivity index (χ3v) is 4.05. The van der Waals surface area contributed by atoms with Crippen LogP contribution in [0.25, 0.3) is 0 Å². The first-order chi connectivity index (χ1) is 9.74. The zero-order chi connectivity index (χ0) is 14.4. The molecule has 0 bridgehead atoms. The minimum atomic E-state index is 0.685. The molecule has 0 saturated carbocycles. The Morgan fingerprint density at radius 3 is 2.95 bits per heavy atom. The molecular formula is C17H28N2O. The number of hydrogen-bond donors (Lipinski definition) is 1. The summed E-state index contributed by atoms with van der Waals surface area (Å²) in [7, 11) is 1.80. The highest BCUT2D eigenvalue weighted by Gasteiger charge is 2.23. The van der Waals surface area contributed by atoms with Gasteiger partial charge in [0, 0.05) is 38.3 Å². The molecule has 3 heteroatoms. The van der Waals surface area contributed by atoms with E-state index in [1.165, 1.54) is 29.7 Å². The van der Waals surface area contributed by atoms with Crippen molar-refractivity contribution in [3.8, 4) is 0 Å². The Kier molecular flexibility index (Phi) is 5.86. The number of rotatable bonds is 7. The van der Waals surface area contributed by atoms with Gasteiger partial charge in [-0.05, 0) is 43.5 Å². The molecule has 1 aliphatic heterocycles. The second kappa shape index (κ2) is 7.65. The third kappa shape index (κ3) is 3.97. The van der Waals surface area contributed by atoms with Crippen molar-refractivity contribution >= 4 is 5.69 Å². The molecule has 1 N–H and O–H groups in total. The summed E-state index contributed by atoms with van der Waals surface area (Å²) < 4.78 is 5.28. The zero-order valence-electron chi connectivity index (χ0n) is 13.1. The van der Waals surface area contributed by atoms with Gasteiger partial charge in [-0.2, -0.15) is 0 Å². The van der Waals surface area contributed by atoms with E-state index < -0.39 is 0 Å². The zero-order valence-corrected chi connectivity index (χ0v) is 13.1. The number of methoxy groups -OCH3 is 1. The first-order valence-electron chi connectivity index (χ1n) is 7.78. The smallest absolute Gasteiger partial charge is 0.0508 e. The Morgan fingerprint density at radius 1 is 1.40 bits per heavy atom. The third-order valence-electron chi connectivity index (χ3n) is 4.05. The van der Waals surface area contributed by atoms with Crippen molar-refractivity contribution < 1.29 is 4.74 Å². The van der Waals surface area contributed by atoms with E-state index in [2.05, 4.69) is 42.3 Å². The molecular weight excluding hydrogens is 248 g/mol. The van der Waals surface area contributed by atoms with Crippen LogP contribution in [0.3, 0.4) is 0 Å². The Labute approximate surface area is 123 Å². The van der Waals surface area contributed by atoms with Crippen molar-refractivity contribution in [2.24, 2.45) is 5.92 Å². The van der Waals surface area contributed by atoms with Gasteiger partial charge in [-0.15, -0.1) is 0 Å². The van der Waals surface area contributed by atoms with Crippen LogP contribution in [0.2, 0.25) is 0 Å². The highest BCUT2D eigenvalue weighted by molar-refractivity contribution is 5.55. The lowest BCUT2D eigenvalue weighted by atomic mass is 10.1. The van der Waals surface area contributed by atoms with Crippen LogP contribution in [0, 0.1) is 12.8 Å². The number of anilines is 1. The van der Waals surface area contributed by atoms with Crippen LogP contribution in [-0.4, -0.2) is 33.4 Å². The van der Waals surface area contributed by atoms with E-state index in [9.17, 15) is 0 Å². The van der Waals surface area contributed by atoms with Gasteiger partial charge in [-0.1, -0.05) is 19.1 Å². The van der Waals surface area contributed by atoms with Crippen LogP contribution in [-0.2, 0) is 11.3 Å². The lowest BCUT2D eigenvalue weighted by molar-refractivity contribution is 0.161. The molecule has 1 atom stereocenters. The Balaban J connectivity index is 1.96. The van der Waals surface area contributed by atoms with E-state index in [4.69, 9.17) is 4.74 Å². The SMILES string of the molecule is CCCNCc1ccc(N2CCC(COC)C2)c(C)c1. The molecule has 112 valence electrons. The van der Waals surface area contributed by atoms with Gasteiger partial charge in [0.1, 0.15) is 0 Å². The minimum Gasteiger partial charge on any atom is -0.384 e. The first-order valence-corrected chi connectivity index (χ1v) is 7.78. The van der Waals surface area contributed by atoms with Crippen molar-refractivity contribution in [2.45, 2.75) is 33.2 Å². The number of benzene rings is 1. The second-order valence-electron chi connectivity index (χ2n) is 5.85. The molecule has 3 nitrogen and oxygen atoms in total. The van der Waals surface area contributed by atoms with E-state index in [0.717, 1.165) is 32.8 Å². The summed E-state index contributed by atoms with van der Waals surface area (Å²) in [6, 6.07) is 6.86. The summed E-state index contributed by atoms with van der Waals surface area (Å²) in [6.45, 7) is 9.65. The number of aryl methyl sites for hydroxylation is 1. The fraction of sp³-hybridized carbons (Fsp3) is 0.647. The van der Waals surface area contributed by atoms with E-state index in [-0.39, 0.29) is 0 Å². The molecule has 0 aliphatic carbocycles. The monoisotopic (exact) mass is 276 g/mol. The molecule has 0 amide bonds. The van der Waals surface area contributed by atoms with Gasteiger partial charge in [0.25, 0.3) is 0 Å². The average Bonchev–Trinajstić information content (AvgIpc) is 2.88. The van der Waals surface area contributed by atoms with E-state index in [1.807, 2.05) is 0 Å². The number of ether oxygens (including phenoxy) is 1. The molecule has 0 spiro atoms. The van der Waals surface area contributed by atoms with E-state index >= 15 is 0 Å². The number of hydrogen-bond acceptors (Lipinski definition) is 3. The molecule has 1 heterocycles. The van der Waals surface area contributed by atoms with Gasteiger partial charge in [0.05, 0.1) is 6.61 Å². The van der Waals surface area contributed by atoms with Gasteiger partial charge >= 0.3 is 0 Å². The van der Waals surface area contributed by atoms with Gasteiger partial charge in [-0.3, -0.25) is 0 Å². The van der Waals surface area contributed by atoms with Gasteiger partial charge in [-0.25, -0.2) is 0 Å². The summed E-state index contributed by atoms with van der Waals surface area (Å²) in [6.07, 6.45) is 2.43. The fourth-order valence-corrected chi connectivity index (χ4v) is 3.02. The topological polar surface area (TPSA) is 24.5 Å². The first kappa shape index (κ1) is 15.3. The Hall–Kier alpha value is -1.06. The van der Waals surface area contributed by atoms with Crippen molar-refractivity contribution in [3.05, 3.63) is 29.3 Å². The highest BCUT2D eigenvalue weighted by Crippen LogP contribution is 2.27. The van der Waals surface area contributed by atoms with Crippen molar-refractivity contribution in [1.29, 1.82) is 0 Å². The normalized spacial score (nSPS) is 18.8. The molecule has 2 rings (SSSR count). The molecule has 1 aromatic rings. The maximum Gasteiger partial charge on any atom is 0.0508 e. The van der Waals surface area contributed by atoms with Crippen LogP contribution in [0.4, 0.5) is 5.69 Å². The Bertz CT molecular complexity index is 419.